The van der Waals surface area contributed by atoms with E-state index in [4.69, 9.17) is 13.7 Å². The Morgan fingerprint density at radius 2 is 1.93 bits per heavy atom. The van der Waals surface area contributed by atoms with Gasteiger partial charge in [-0.15, -0.1) is 10.2 Å². The summed E-state index contributed by atoms with van der Waals surface area (Å²) in [5.74, 6) is 4.03. The Morgan fingerprint density at radius 3 is 2.62 bits per heavy atom. The van der Waals surface area contributed by atoms with Crippen LogP contribution in [0.3, 0.4) is 0 Å². The van der Waals surface area contributed by atoms with E-state index in [9.17, 15) is 0 Å². The van der Waals surface area contributed by atoms with Crippen LogP contribution >= 0.6 is 11.8 Å². The number of hydrogen-bond donors (Lipinski definition) is 0. The zero-order valence-corrected chi connectivity index (χ0v) is 17.3. The lowest BCUT2D eigenvalue weighted by Gasteiger charge is -2.12. The Hall–Kier alpha value is -3.00. The van der Waals surface area contributed by atoms with E-state index in [2.05, 4.69) is 33.8 Å². The minimum absolute atomic E-state index is 0.458. The summed E-state index contributed by atoms with van der Waals surface area (Å²) in [6.45, 7) is 5.19. The van der Waals surface area contributed by atoms with Crippen molar-refractivity contribution in [3.8, 4) is 28.7 Å². The van der Waals surface area contributed by atoms with Crippen molar-refractivity contribution in [3.05, 3.63) is 54.4 Å². The first kappa shape index (κ1) is 19.3. The standard InChI is InChI=1S/C21H22N4O3S/c1-14(2)12-25-20(15-6-8-17(26-3)9-7-15)22-23-21(25)29-13-16-11-19(28-24-16)18-5-4-10-27-18/h4-11,14H,12-13H2,1-3H3. The highest BCUT2D eigenvalue weighted by atomic mass is 32.2. The summed E-state index contributed by atoms with van der Waals surface area (Å²) in [4.78, 5) is 0. The first-order valence-corrected chi connectivity index (χ1v) is 10.3. The zero-order valence-electron chi connectivity index (χ0n) is 16.5. The number of hydrogen-bond acceptors (Lipinski definition) is 7. The molecule has 3 heterocycles. The molecule has 3 aromatic heterocycles. The normalized spacial score (nSPS) is 11.3. The topological polar surface area (TPSA) is 79.1 Å². The Morgan fingerprint density at radius 1 is 1.10 bits per heavy atom. The minimum Gasteiger partial charge on any atom is -0.497 e. The lowest BCUT2D eigenvalue weighted by atomic mass is 10.2. The first-order valence-electron chi connectivity index (χ1n) is 9.34. The van der Waals surface area contributed by atoms with Crippen LogP contribution in [0.1, 0.15) is 19.5 Å². The number of methoxy groups -OCH3 is 1. The number of aromatic nitrogens is 4. The lowest BCUT2D eigenvalue weighted by Crippen LogP contribution is -2.08. The van der Waals surface area contributed by atoms with Gasteiger partial charge in [-0.25, -0.2) is 0 Å². The molecule has 7 nitrogen and oxygen atoms in total. The fraction of sp³-hybridized carbons (Fsp3) is 0.286. The third-order valence-corrected chi connectivity index (χ3v) is 5.29. The Balaban J connectivity index is 1.54. The maximum atomic E-state index is 5.38. The molecule has 1 aromatic carbocycles. The van der Waals surface area contributed by atoms with Crippen molar-refractivity contribution in [1.82, 2.24) is 19.9 Å². The Labute approximate surface area is 173 Å². The van der Waals surface area contributed by atoms with Gasteiger partial charge in [0.05, 0.1) is 19.1 Å². The van der Waals surface area contributed by atoms with Crippen LogP contribution in [0.4, 0.5) is 0 Å². The van der Waals surface area contributed by atoms with Gasteiger partial charge in [0.1, 0.15) is 5.75 Å². The number of thioether (sulfide) groups is 1. The molecular weight excluding hydrogens is 388 g/mol. The van der Waals surface area contributed by atoms with Crippen molar-refractivity contribution < 1.29 is 13.7 Å². The van der Waals surface area contributed by atoms with Gasteiger partial charge in [-0.2, -0.15) is 0 Å². The second kappa shape index (κ2) is 8.57. The summed E-state index contributed by atoms with van der Waals surface area (Å²) < 4.78 is 18.1. The van der Waals surface area contributed by atoms with Gasteiger partial charge in [0.25, 0.3) is 0 Å². The number of benzene rings is 1. The molecule has 0 spiro atoms. The van der Waals surface area contributed by atoms with Crippen LogP contribution in [0.5, 0.6) is 5.75 Å². The molecule has 0 fully saturated rings. The molecule has 0 radical (unpaired) electrons. The van der Waals surface area contributed by atoms with Gasteiger partial charge in [-0.1, -0.05) is 30.8 Å². The molecular formula is C21H22N4O3S. The average molecular weight is 410 g/mol. The number of rotatable bonds is 8. The Bertz CT molecular complexity index is 1050. The highest BCUT2D eigenvalue weighted by Gasteiger charge is 2.17. The summed E-state index contributed by atoms with van der Waals surface area (Å²) >= 11 is 1.59. The average Bonchev–Trinajstić information content (AvgIpc) is 3.47. The molecule has 0 aliphatic heterocycles. The third kappa shape index (κ3) is 4.37. The Kier molecular flexibility index (Phi) is 5.71. The molecule has 0 aliphatic carbocycles. The van der Waals surface area contributed by atoms with Gasteiger partial charge in [0, 0.05) is 23.9 Å². The van der Waals surface area contributed by atoms with Crippen molar-refractivity contribution in [2.75, 3.05) is 7.11 Å². The molecule has 0 amide bonds. The second-order valence-corrected chi connectivity index (χ2v) is 7.93. The maximum Gasteiger partial charge on any atom is 0.202 e. The van der Waals surface area contributed by atoms with E-state index in [0.717, 1.165) is 34.5 Å². The van der Waals surface area contributed by atoms with Crippen molar-refractivity contribution in [1.29, 1.82) is 0 Å². The van der Waals surface area contributed by atoms with Gasteiger partial charge in [0.15, 0.2) is 16.7 Å². The van der Waals surface area contributed by atoms with E-state index in [-0.39, 0.29) is 0 Å². The van der Waals surface area contributed by atoms with Gasteiger partial charge in [0.2, 0.25) is 5.76 Å². The quantitative estimate of drug-likeness (QED) is 0.372. The van der Waals surface area contributed by atoms with E-state index in [1.165, 1.54) is 0 Å². The van der Waals surface area contributed by atoms with Crippen LogP contribution in [-0.4, -0.2) is 27.0 Å². The summed E-state index contributed by atoms with van der Waals surface area (Å²) in [6, 6.07) is 13.4. The number of ether oxygens (including phenoxy) is 1. The fourth-order valence-electron chi connectivity index (χ4n) is 2.93. The molecule has 0 saturated carbocycles. The largest absolute Gasteiger partial charge is 0.497 e. The predicted octanol–water partition coefficient (Wildman–Crippen LogP) is 5.15. The van der Waals surface area contributed by atoms with Crippen LogP contribution in [0.25, 0.3) is 22.9 Å². The van der Waals surface area contributed by atoms with Gasteiger partial charge >= 0.3 is 0 Å². The fourth-order valence-corrected chi connectivity index (χ4v) is 3.76. The summed E-state index contributed by atoms with van der Waals surface area (Å²) in [5.41, 5.74) is 1.83. The summed E-state index contributed by atoms with van der Waals surface area (Å²) in [5, 5.41) is 13.9. The van der Waals surface area contributed by atoms with Crippen LogP contribution < -0.4 is 4.74 Å². The predicted molar refractivity (Wildman–Crippen MR) is 111 cm³/mol. The lowest BCUT2D eigenvalue weighted by molar-refractivity contribution is 0.413. The van der Waals surface area contributed by atoms with Crippen LogP contribution in [0.15, 0.2) is 62.8 Å². The zero-order chi connectivity index (χ0) is 20.2. The summed E-state index contributed by atoms with van der Waals surface area (Å²) in [7, 11) is 1.66. The van der Waals surface area contributed by atoms with E-state index >= 15 is 0 Å². The first-order chi connectivity index (χ1) is 14.1. The molecule has 4 rings (SSSR count). The van der Waals surface area contributed by atoms with Crippen LogP contribution in [0, 0.1) is 5.92 Å². The molecule has 0 aliphatic rings. The molecule has 150 valence electrons. The van der Waals surface area contributed by atoms with Crippen molar-refractivity contribution >= 4 is 11.8 Å². The van der Waals surface area contributed by atoms with Crippen molar-refractivity contribution in [2.45, 2.75) is 31.3 Å². The maximum absolute atomic E-state index is 5.38. The van der Waals surface area contributed by atoms with Crippen LogP contribution in [-0.2, 0) is 12.3 Å². The SMILES string of the molecule is COc1ccc(-c2nnc(SCc3cc(-c4ccco4)on3)n2CC(C)C)cc1. The monoisotopic (exact) mass is 410 g/mol. The molecule has 4 aromatic rings. The summed E-state index contributed by atoms with van der Waals surface area (Å²) in [6.07, 6.45) is 1.61. The van der Waals surface area contributed by atoms with E-state index in [1.54, 1.807) is 25.1 Å². The molecule has 0 N–H and O–H groups in total. The molecule has 0 bridgehead atoms. The molecule has 0 saturated heterocycles. The van der Waals surface area contributed by atoms with E-state index in [1.807, 2.05) is 42.5 Å². The molecule has 0 unspecified atom stereocenters. The van der Waals surface area contributed by atoms with E-state index in [0.29, 0.717) is 23.2 Å². The highest BCUT2D eigenvalue weighted by Crippen LogP contribution is 2.29. The van der Waals surface area contributed by atoms with Crippen molar-refractivity contribution in [3.63, 3.8) is 0 Å². The smallest absolute Gasteiger partial charge is 0.202 e. The second-order valence-electron chi connectivity index (χ2n) is 6.99. The van der Waals surface area contributed by atoms with Gasteiger partial charge in [-0.05, 0) is 42.3 Å². The molecule has 8 heteroatoms. The molecule has 0 atom stereocenters. The molecule has 29 heavy (non-hydrogen) atoms. The number of nitrogens with zero attached hydrogens (tertiary/aromatic N) is 4. The van der Waals surface area contributed by atoms with Gasteiger partial charge < -0.3 is 18.2 Å². The number of furan rings is 1. The minimum atomic E-state index is 0.458. The van der Waals surface area contributed by atoms with E-state index < -0.39 is 0 Å². The highest BCUT2D eigenvalue weighted by molar-refractivity contribution is 7.98. The van der Waals surface area contributed by atoms with Crippen LogP contribution in [0.2, 0.25) is 0 Å². The van der Waals surface area contributed by atoms with Crippen molar-refractivity contribution in [2.24, 2.45) is 5.92 Å². The van der Waals surface area contributed by atoms with Gasteiger partial charge in [-0.3, -0.25) is 0 Å². The third-order valence-electron chi connectivity index (χ3n) is 4.28.